The van der Waals surface area contributed by atoms with Crippen LogP contribution in [0.2, 0.25) is 0 Å². The first-order chi connectivity index (χ1) is 17.1. The topological polar surface area (TPSA) is 130 Å². The minimum Gasteiger partial charge on any atom is -0.383 e. The van der Waals surface area contributed by atoms with Crippen LogP contribution in [0.15, 0.2) is 24.7 Å². The number of rotatable bonds is 10. The summed E-state index contributed by atoms with van der Waals surface area (Å²) in [6.45, 7) is 4.66. The van der Waals surface area contributed by atoms with Crippen LogP contribution >= 0.6 is 0 Å². The van der Waals surface area contributed by atoms with Gasteiger partial charge in [0.15, 0.2) is 5.82 Å². The summed E-state index contributed by atoms with van der Waals surface area (Å²) in [6.07, 6.45) is 9.11. The Morgan fingerprint density at radius 2 is 1.91 bits per heavy atom. The lowest BCUT2D eigenvalue weighted by molar-refractivity contribution is 0.0455. The fourth-order valence-corrected chi connectivity index (χ4v) is 4.80. The lowest BCUT2D eigenvalue weighted by Crippen LogP contribution is -2.42. The average Bonchev–Trinajstić information content (AvgIpc) is 2.90. The molecule has 1 aliphatic heterocycles. The second kappa shape index (κ2) is 12.2. The quantitative estimate of drug-likeness (QED) is 0.466. The summed E-state index contributed by atoms with van der Waals surface area (Å²) in [4.78, 5) is 17.9. The number of anilines is 2. The Morgan fingerprint density at radius 3 is 2.66 bits per heavy atom. The van der Waals surface area contributed by atoms with E-state index in [1.54, 1.807) is 19.6 Å². The molecular weight excluding hydrogens is 444 g/mol. The zero-order valence-electron chi connectivity index (χ0n) is 20.7. The Balaban J connectivity index is 1.33. The highest BCUT2D eigenvalue weighted by Gasteiger charge is 2.32. The molecule has 0 unspecified atom stereocenters. The van der Waals surface area contributed by atoms with Crippen molar-refractivity contribution in [2.75, 3.05) is 44.1 Å². The van der Waals surface area contributed by atoms with E-state index in [1.807, 2.05) is 12.1 Å². The highest BCUT2D eigenvalue weighted by atomic mass is 16.5. The Kier molecular flexibility index (Phi) is 8.79. The third-order valence-electron chi connectivity index (χ3n) is 6.86. The summed E-state index contributed by atoms with van der Waals surface area (Å²) in [7, 11) is 1.74. The maximum atomic E-state index is 9.68. The van der Waals surface area contributed by atoms with Crippen LogP contribution in [0, 0.1) is 16.7 Å². The van der Waals surface area contributed by atoms with E-state index in [2.05, 4.69) is 48.9 Å². The molecule has 2 aromatic rings. The molecule has 0 amide bonds. The van der Waals surface area contributed by atoms with Crippen molar-refractivity contribution in [2.45, 2.75) is 63.6 Å². The van der Waals surface area contributed by atoms with Crippen molar-refractivity contribution in [1.82, 2.24) is 25.3 Å². The first kappa shape index (κ1) is 25.2. The first-order valence-electron chi connectivity index (χ1n) is 12.5. The molecule has 10 nitrogen and oxygen atoms in total. The molecule has 188 valence electrons. The lowest BCUT2D eigenvalue weighted by Gasteiger charge is -2.31. The van der Waals surface area contributed by atoms with Crippen molar-refractivity contribution >= 4 is 11.6 Å². The second-order valence-corrected chi connectivity index (χ2v) is 9.63. The molecule has 0 radical (unpaired) electrons. The largest absolute Gasteiger partial charge is 0.383 e. The van der Waals surface area contributed by atoms with E-state index in [9.17, 15) is 5.26 Å². The van der Waals surface area contributed by atoms with E-state index in [0.717, 1.165) is 50.9 Å². The van der Waals surface area contributed by atoms with Gasteiger partial charge in [-0.1, -0.05) is 0 Å². The normalized spacial score (nSPS) is 22.7. The number of nitrogens with zero attached hydrogens (tertiary/aromatic N) is 5. The molecular formula is C25H36N8O2. The Bertz CT molecular complexity index is 983. The Labute approximate surface area is 207 Å². The maximum Gasteiger partial charge on any atom is 0.180 e. The van der Waals surface area contributed by atoms with Gasteiger partial charge in [-0.3, -0.25) is 0 Å². The average molecular weight is 481 g/mol. The van der Waals surface area contributed by atoms with E-state index in [-0.39, 0.29) is 0 Å². The van der Waals surface area contributed by atoms with Crippen LogP contribution in [0.25, 0.3) is 11.5 Å². The van der Waals surface area contributed by atoms with Gasteiger partial charge in [-0.25, -0.2) is 19.9 Å². The van der Waals surface area contributed by atoms with E-state index in [1.165, 1.54) is 0 Å². The third kappa shape index (κ3) is 7.07. The van der Waals surface area contributed by atoms with Crippen LogP contribution in [0.4, 0.5) is 11.6 Å². The van der Waals surface area contributed by atoms with Crippen LogP contribution < -0.4 is 16.0 Å². The number of nitrogens with one attached hydrogen (secondary N) is 3. The minimum absolute atomic E-state index is 0.367. The van der Waals surface area contributed by atoms with Gasteiger partial charge in [-0.2, -0.15) is 5.26 Å². The van der Waals surface area contributed by atoms with Crippen molar-refractivity contribution < 1.29 is 9.47 Å². The summed E-state index contributed by atoms with van der Waals surface area (Å²) in [5.41, 5.74) is 0.238. The molecule has 1 saturated heterocycles. The van der Waals surface area contributed by atoms with Gasteiger partial charge in [0.05, 0.1) is 18.1 Å². The smallest absolute Gasteiger partial charge is 0.180 e. The van der Waals surface area contributed by atoms with Gasteiger partial charge in [0, 0.05) is 57.3 Å². The predicted octanol–water partition coefficient (Wildman–Crippen LogP) is 3.01. The highest BCUT2D eigenvalue weighted by molar-refractivity contribution is 5.56. The summed E-state index contributed by atoms with van der Waals surface area (Å²) in [5.74, 6) is 1.99. The number of methoxy groups -OCH3 is 1. The van der Waals surface area contributed by atoms with E-state index < -0.39 is 5.41 Å². The van der Waals surface area contributed by atoms with Crippen LogP contribution in [0.3, 0.4) is 0 Å². The summed E-state index contributed by atoms with van der Waals surface area (Å²) < 4.78 is 10.6. The molecule has 1 atom stereocenters. The molecule has 1 aliphatic carbocycles. The Hall–Kier alpha value is -2.87. The summed E-state index contributed by atoms with van der Waals surface area (Å²) >= 11 is 0. The molecule has 0 aromatic carbocycles. The predicted molar refractivity (Wildman–Crippen MR) is 134 cm³/mol. The van der Waals surface area contributed by atoms with E-state index in [0.29, 0.717) is 55.2 Å². The molecule has 1 saturated carbocycles. The zero-order chi connectivity index (χ0) is 24.5. The molecule has 2 fully saturated rings. The molecule has 3 heterocycles. The highest BCUT2D eigenvalue weighted by Crippen LogP contribution is 2.30. The maximum absolute atomic E-state index is 9.68. The molecule has 0 bridgehead atoms. The SMILES string of the molecule is COC[C@@H](C)NC1CCC(Nc2cc(-c3nccc(NCC4(C#N)CCOCC4)n3)ncn2)CC1. The first-order valence-corrected chi connectivity index (χ1v) is 12.5. The molecule has 3 N–H and O–H groups in total. The van der Waals surface area contributed by atoms with Crippen molar-refractivity contribution in [1.29, 1.82) is 5.26 Å². The van der Waals surface area contributed by atoms with Gasteiger partial charge in [0.1, 0.15) is 23.7 Å². The molecule has 4 rings (SSSR count). The van der Waals surface area contributed by atoms with E-state index >= 15 is 0 Å². The number of aromatic nitrogens is 4. The third-order valence-corrected chi connectivity index (χ3v) is 6.86. The van der Waals surface area contributed by atoms with Gasteiger partial charge >= 0.3 is 0 Å². The number of nitriles is 1. The van der Waals surface area contributed by atoms with Crippen molar-refractivity contribution in [3.8, 4) is 17.6 Å². The summed E-state index contributed by atoms with van der Waals surface area (Å²) in [6, 6.07) is 7.47. The van der Waals surface area contributed by atoms with Gasteiger partial charge < -0.3 is 25.4 Å². The van der Waals surface area contributed by atoms with Crippen LogP contribution in [-0.4, -0.2) is 71.5 Å². The standard InChI is InChI=1S/C25H36N8O2/c1-18(14-34-2)31-19-3-5-20(6-4-19)32-23-13-21(29-17-30-23)24-27-10-7-22(33-24)28-16-25(15-26)8-11-35-12-9-25/h7,10,13,17-20,31H,3-6,8-9,11-12,14,16H2,1-2H3,(H,27,28,33)(H,29,30,32)/t18-,19?,20?/m1/s1. The van der Waals surface area contributed by atoms with Crippen molar-refractivity contribution in [2.24, 2.45) is 5.41 Å². The van der Waals surface area contributed by atoms with Crippen LogP contribution in [0.1, 0.15) is 45.4 Å². The minimum atomic E-state index is -0.425. The molecule has 10 heteroatoms. The number of ether oxygens (including phenoxy) is 2. The monoisotopic (exact) mass is 480 g/mol. The zero-order valence-corrected chi connectivity index (χ0v) is 20.7. The number of hydrogen-bond acceptors (Lipinski definition) is 10. The van der Waals surface area contributed by atoms with Gasteiger partial charge in [0.2, 0.25) is 0 Å². The van der Waals surface area contributed by atoms with Crippen molar-refractivity contribution in [3.05, 3.63) is 24.7 Å². The molecule has 0 spiro atoms. The Morgan fingerprint density at radius 1 is 1.14 bits per heavy atom. The molecule has 2 aromatic heterocycles. The molecule has 35 heavy (non-hydrogen) atoms. The summed E-state index contributed by atoms with van der Waals surface area (Å²) in [5, 5.41) is 20.2. The lowest BCUT2D eigenvalue weighted by atomic mass is 9.82. The van der Waals surface area contributed by atoms with Gasteiger partial charge in [-0.15, -0.1) is 0 Å². The van der Waals surface area contributed by atoms with E-state index in [4.69, 9.17) is 9.47 Å². The van der Waals surface area contributed by atoms with Crippen LogP contribution in [-0.2, 0) is 9.47 Å². The fourth-order valence-electron chi connectivity index (χ4n) is 4.80. The fraction of sp³-hybridized carbons (Fsp3) is 0.640. The molecule has 2 aliphatic rings. The van der Waals surface area contributed by atoms with Crippen molar-refractivity contribution in [3.63, 3.8) is 0 Å². The van der Waals surface area contributed by atoms with Gasteiger partial charge in [0.25, 0.3) is 0 Å². The van der Waals surface area contributed by atoms with Crippen LogP contribution in [0.5, 0.6) is 0 Å². The second-order valence-electron chi connectivity index (χ2n) is 9.63. The van der Waals surface area contributed by atoms with Gasteiger partial charge in [-0.05, 0) is 51.5 Å². The number of hydrogen-bond donors (Lipinski definition) is 3.